The van der Waals surface area contributed by atoms with Gasteiger partial charge in [0.2, 0.25) is 11.8 Å². The monoisotopic (exact) mass is 703 g/mol. The molecule has 2 aliphatic rings. The Hall–Kier alpha value is -3.76. The quantitative estimate of drug-likeness (QED) is 0.173. The van der Waals surface area contributed by atoms with Crippen molar-refractivity contribution >= 4 is 69.6 Å². The number of aryl methyl sites for hydroxylation is 2. The summed E-state index contributed by atoms with van der Waals surface area (Å²) >= 11 is 6.94. The van der Waals surface area contributed by atoms with Gasteiger partial charge in [0.05, 0.1) is 6.57 Å². The van der Waals surface area contributed by atoms with Crippen LogP contribution < -0.4 is 21.3 Å². The Kier molecular flexibility index (Phi) is 13.7. The van der Waals surface area contributed by atoms with E-state index in [0.717, 1.165) is 21.3 Å². The summed E-state index contributed by atoms with van der Waals surface area (Å²) in [5.41, 5.74) is 2.76. The van der Waals surface area contributed by atoms with Crippen LogP contribution in [0.5, 0.6) is 0 Å². The fourth-order valence-electron chi connectivity index (χ4n) is 4.35. The van der Waals surface area contributed by atoms with E-state index in [1.54, 1.807) is 66.0 Å². The van der Waals surface area contributed by atoms with Crippen LogP contribution in [0.3, 0.4) is 0 Å². The number of hydrogen-bond donors (Lipinski definition) is 5. The van der Waals surface area contributed by atoms with Crippen molar-refractivity contribution in [1.29, 1.82) is 0 Å². The Bertz CT molecular complexity index is 1430. The maximum Gasteiger partial charge on any atom is 0.408 e. The topological polar surface area (TPSA) is 139 Å². The minimum atomic E-state index is -0.654. The number of rotatable bonds is 2. The Morgan fingerprint density at radius 2 is 1.24 bits per heavy atom. The van der Waals surface area contributed by atoms with Crippen molar-refractivity contribution in [3.63, 3.8) is 0 Å². The van der Waals surface area contributed by atoms with Crippen LogP contribution in [-0.4, -0.2) is 53.5 Å². The van der Waals surface area contributed by atoms with Gasteiger partial charge < -0.3 is 30.7 Å². The van der Waals surface area contributed by atoms with Crippen molar-refractivity contribution in [3.05, 3.63) is 63.4 Å². The summed E-state index contributed by atoms with van der Waals surface area (Å²) < 4.78 is 11.3. The molecule has 11 nitrogen and oxygen atoms in total. The molecule has 2 aliphatic heterocycles. The van der Waals surface area contributed by atoms with Crippen LogP contribution in [0.2, 0.25) is 0 Å². The number of carbonyl (C=O) groups is 4. The lowest BCUT2D eigenvalue weighted by molar-refractivity contribution is -0.118. The molecule has 4 rings (SSSR count). The minimum absolute atomic E-state index is 0.220. The highest BCUT2D eigenvalue weighted by Crippen LogP contribution is 2.27. The number of nitrogens with one attached hydrogen (secondary N) is 4. The van der Waals surface area contributed by atoms with E-state index in [0.29, 0.717) is 37.1 Å². The number of amides is 4. The van der Waals surface area contributed by atoms with Crippen molar-refractivity contribution in [2.45, 2.75) is 90.5 Å². The normalized spacial score (nSPS) is 17.2. The van der Waals surface area contributed by atoms with E-state index in [2.05, 4.69) is 54.7 Å². The molecule has 2 aromatic carbocycles. The maximum atomic E-state index is 12.2. The van der Waals surface area contributed by atoms with Crippen molar-refractivity contribution < 1.29 is 28.7 Å². The van der Waals surface area contributed by atoms with Gasteiger partial charge in [-0.25, -0.2) is 14.4 Å². The highest BCUT2D eigenvalue weighted by atomic mass is 79.9. The second kappa shape index (κ2) is 16.5. The molecule has 4 amide bonds. The number of carbonyl (C=O) groups excluding carboxylic acids is 4. The van der Waals surface area contributed by atoms with Crippen LogP contribution >= 0.6 is 28.6 Å². The predicted molar refractivity (Wildman–Crippen MR) is 182 cm³/mol. The summed E-state index contributed by atoms with van der Waals surface area (Å²) in [6, 6.07) is 9.60. The van der Waals surface area contributed by atoms with Crippen LogP contribution in [0.25, 0.3) is 4.85 Å². The summed E-state index contributed by atoms with van der Waals surface area (Å²) in [7, 11) is 0. The molecule has 0 unspecified atom stereocenters. The fraction of sp³-hybridized carbons (Fsp3) is 0.469. The third-order valence-corrected chi connectivity index (χ3v) is 6.71. The van der Waals surface area contributed by atoms with Crippen LogP contribution in [0.4, 0.5) is 26.7 Å². The molecule has 2 aromatic rings. The van der Waals surface area contributed by atoms with Crippen molar-refractivity contribution in [1.82, 2.24) is 10.6 Å². The van der Waals surface area contributed by atoms with Gasteiger partial charge in [0.1, 0.15) is 23.3 Å². The minimum Gasteiger partial charge on any atom is -0.444 e. The Morgan fingerprint density at radius 3 is 1.67 bits per heavy atom. The average Bonchev–Trinajstić information content (AvgIpc) is 3.18. The molecule has 0 saturated carbocycles. The first kappa shape index (κ1) is 37.4. The number of halogens is 1. The molecular weight excluding hydrogens is 662 g/mol. The predicted octanol–water partition coefficient (Wildman–Crippen LogP) is 6.79. The lowest BCUT2D eigenvalue weighted by Crippen LogP contribution is -2.45. The van der Waals surface area contributed by atoms with Crippen LogP contribution in [0, 0.1) is 6.57 Å². The van der Waals surface area contributed by atoms with Crippen molar-refractivity contribution in [2.75, 3.05) is 16.9 Å². The summed E-state index contributed by atoms with van der Waals surface area (Å²) in [6.07, 6.45) is 2.80. The number of fused-ring (bicyclic) bond motifs is 2. The van der Waals surface area contributed by atoms with Gasteiger partial charge in [0, 0.05) is 15.8 Å². The highest BCUT2D eigenvalue weighted by molar-refractivity contribution is 9.10. The number of benzene rings is 2. The number of ether oxygens (including phenoxy) is 2. The van der Waals surface area contributed by atoms with Crippen LogP contribution in [-0.2, 0) is 31.9 Å². The Labute approximate surface area is 278 Å². The largest absolute Gasteiger partial charge is 0.444 e. The third kappa shape index (κ3) is 12.6. The molecule has 0 aromatic heterocycles. The molecule has 0 radical (unpaired) electrons. The molecule has 0 fully saturated rings. The number of alkyl carbamates (subject to hydrolysis) is 2. The number of nitrogens with zero attached hydrogens (tertiary/aromatic N) is 1. The Morgan fingerprint density at radius 1 is 0.822 bits per heavy atom. The first-order chi connectivity index (χ1) is 21.0. The second-order valence-electron chi connectivity index (χ2n) is 12.2. The lowest BCUT2D eigenvalue weighted by atomic mass is 10.1. The summed E-state index contributed by atoms with van der Waals surface area (Å²) in [6.45, 7) is 17.7. The molecule has 2 heterocycles. The zero-order chi connectivity index (χ0) is 33.9. The standard InChI is InChI=1S/C16H19N3O3.C15H19BrN2O3.CH4S/c1-16(2,3)22-15(21)19-13-7-5-10-9-11(17-4)6-8-12(10)18-14(13)20;1-15(2,3)21-14(20)18-12-6-4-9-8-10(16)5-7-11(9)17-13(12)19;1-2/h6,8-9,13H,5,7H2,1-3H3,(H,18,20)(H,19,21);5,7-8,12H,4,6H2,1-3H3,(H,17,19)(H,18,20);2H,1H3/t13-;12-;/m00./s1. The van der Waals surface area contributed by atoms with E-state index in [-0.39, 0.29) is 11.8 Å². The first-order valence-corrected chi connectivity index (χ1v) is 16.1. The van der Waals surface area contributed by atoms with Gasteiger partial charge in [-0.15, -0.1) is 0 Å². The van der Waals surface area contributed by atoms with E-state index >= 15 is 0 Å². The van der Waals surface area contributed by atoms with Crippen molar-refractivity contribution in [3.8, 4) is 0 Å². The lowest BCUT2D eigenvalue weighted by Gasteiger charge is -2.22. The third-order valence-electron chi connectivity index (χ3n) is 6.22. The van der Waals surface area contributed by atoms with Crippen LogP contribution in [0.15, 0.2) is 40.9 Å². The van der Waals surface area contributed by atoms with Gasteiger partial charge in [-0.05, 0) is 109 Å². The van der Waals surface area contributed by atoms with Gasteiger partial charge in [0.25, 0.3) is 0 Å². The number of hydrogen-bond acceptors (Lipinski definition) is 7. The van der Waals surface area contributed by atoms with E-state index in [4.69, 9.17) is 16.0 Å². The zero-order valence-corrected chi connectivity index (χ0v) is 29.1. The maximum absolute atomic E-state index is 12.2. The first-order valence-electron chi connectivity index (χ1n) is 14.4. The van der Waals surface area contributed by atoms with Gasteiger partial charge in [-0.2, -0.15) is 12.6 Å². The summed E-state index contributed by atoms with van der Waals surface area (Å²) in [5, 5.41) is 10.8. The zero-order valence-electron chi connectivity index (χ0n) is 26.7. The molecule has 0 spiro atoms. The van der Waals surface area contributed by atoms with E-state index in [1.807, 2.05) is 18.2 Å². The molecule has 13 heteroatoms. The van der Waals surface area contributed by atoms with Gasteiger partial charge >= 0.3 is 12.2 Å². The number of anilines is 2. The molecule has 45 heavy (non-hydrogen) atoms. The molecule has 2 atom stereocenters. The van der Waals surface area contributed by atoms with Gasteiger partial charge in [0.15, 0.2) is 5.69 Å². The smallest absolute Gasteiger partial charge is 0.408 e. The highest BCUT2D eigenvalue weighted by Gasteiger charge is 2.28. The summed E-state index contributed by atoms with van der Waals surface area (Å²) in [5.74, 6) is -0.498. The average molecular weight is 705 g/mol. The van der Waals surface area contributed by atoms with E-state index in [9.17, 15) is 19.2 Å². The Balaban J connectivity index is 0.000000297. The number of thiol groups is 1. The molecule has 0 aliphatic carbocycles. The fourth-order valence-corrected chi connectivity index (χ4v) is 4.75. The van der Waals surface area contributed by atoms with E-state index < -0.39 is 35.5 Å². The SMILES string of the molecule is CC(C)(C)OC(=O)N[C@H]1CCc2cc(Br)ccc2NC1=O.CS.[C-]#[N+]c1ccc2c(c1)CC[C@H](NC(=O)OC(C)(C)C)C(=O)N2. The van der Waals surface area contributed by atoms with Crippen molar-refractivity contribution in [2.24, 2.45) is 0 Å². The molecule has 0 saturated heterocycles. The molecule has 0 bridgehead atoms. The second-order valence-corrected chi connectivity index (χ2v) is 13.1. The van der Waals surface area contributed by atoms with Gasteiger partial charge in [-0.3, -0.25) is 9.59 Å². The molecule has 4 N–H and O–H groups in total. The molecular formula is C32H42BrN5O6S. The van der Waals surface area contributed by atoms with E-state index in [1.165, 1.54) is 0 Å². The van der Waals surface area contributed by atoms with Crippen LogP contribution in [0.1, 0.15) is 65.5 Å². The van der Waals surface area contributed by atoms with Gasteiger partial charge in [-0.1, -0.05) is 28.1 Å². The molecule has 244 valence electrons. The summed E-state index contributed by atoms with van der Waals surface area (Å²) in [4.78, 5) is 51.3.